The second-order valence-corrected chi connectivity index (χ2v) is 2.11. The van der Waals surface area contributed by atoms with Crippen LogP contribution >= 0.6 is 0 Å². The third kappa shape index (κ3) is 3.38. The van der Waals surface area contributed by atoms with E-state index in [1.807, 2.05) is 13.8 Å². The Labute approximate surface area is 61.7 Å². The molecule has 0 N–H and O–H groups in total. The fourth-order valence-electron chi connectivity index (χ4n) is 0.451. The molecule has 0 aliphatic carbocycles. The molecule has 0 aromatic heterocycles. The molecule has 0 aliphatic rings. The first-order chi connectivity index (χ1) is 4.72. The third-order valence-electron chi connectivity index (χ3n) is 1.33. The van der Waals surface area contributed by atoms with Crippen LogP contribution in [0.5, 0.6) is 0 Å². The van der Waals surface area contributed by atoms with Gasteiger partial charge in [-0.3, -0.25) is 4.99 Å². The average Bonchev–Trinajstić information content (AvgIpc) is 1.98. The summed E-state index contributed by atoms with van der Waals surface area (Å²) in [5.74, 6) is -0.190. The number of aliphatic imine (C=N–C) groups is 1. The molecule has 0 bridgehead atoms. The smallest absolute Gasteiger partial charge is 0.139 e. The second kappa shape index (κ2) is 5.15. The molecule has 0 atom stereocenters. The summed E-state index contributed by atoms with van der Waals surface area (Å²) in [7, 11) is 0. The maximum Gasteiger partial charge on any atom is 0.139 e. The normalized spacial score (nSPS) is 14.0. The highest BCUT2D eigenvalue weighted by molar-refractivity contribution is 5.76. The van der Waals surface area contributed by atoms with Crippen molar-refractivity contribution >= 4 is 6.21 Å². The first kappa shape index (κ1) is 9.34. The highest BCUT2D eigenvalue weighted by Gasteiger charge is 1.93. The summed E-state index contributed by atoms with van der Waals surface area (Å²) in [6, 6.07) is 0. The molecule has 58 valence electrons. The lowest BCUT2D eigenvalue weighted by Gasteiger charge is -1.93. The lowest BCUT2D eigenvalue weighted by atomic mass is 10.2. The van der Waals surface area contributed by atoms with E-state index in [1.54, 1.807) is 6.92 Å². The molecule has 10 heavy (non-hydrogen) atoms. The van der Waals surface area contributed by atoms with E-state index in [-0.39, 0.29) is 5.83 Å². The summed E-state index contributed by atoms with van der Waals surface area (Å²) in [4.78, 5) is 3.78. The van der Waals surface area contributed by atoms with E-state index in [2.05, 4.69) is 4.99 Å². The summed E-state index contributed by atoms with van der Waals surface area (Å²) < 4.78 is 12.7. The topological polar surface area (TPSA) is 12.4 Å². The van der Waals surface area contributed by atoms with Gasteiger partial charge in [0.2, 0.25) is 0 Å². The summed E-state index contributed by atoms with van der Waals surface area (Å²) >= 11 is 0. The van der Waals surface area contributed by atoms with Crippen molar-refractivity contribution in [1.82, 2.24) is 0 Å². The van der Waals surface area contributed by atoms with Gasteiger partial charge in [-0.1, -0.05) is 6.92 Å². The zero-order valence-electron chi connectivity index (χ0n) is 6.82. The van der Waals surface area contributed by atoms with Crippen molar-refractivity contribution in [2.24, 2.45) is 4.99 Å². The van der Waals surface area contributed by atoms with E-state index < -0.39 is 0 Å². The first-order valence-corrected chi connectivity index (χ1v) is 3.57. The van der Waals surface area contributed by atoms with E-state index in [4.69, 9.17) is 0 Å². The summed E-state index contributed by atoms with van der Waals surface area (Å²) in [5.41, 5.74) is 0.761. The molecule has 0 radical (unpaired) electrons. The number of rotatable bonds is 3. The molecule has 0 heterocycles. The van der Waals surface area contributed by atoms with Gasteiger partial charge in [0.05, 0.1) is 6.21 Å². The summed E-state index contributed by atoms with van der Waals surface area (Å²) in [5, 5.41) is 0. The zero-order valence-corrected chi connectivity index (χ0v) is 6.82. The molecule has 0 unspecified atom stereocenters. The van der Waals surface area contributed by atoms with Gasteiger partial charge in [0.1, 0.15) is 5.83 Å². The number of nitrogens with zero attached hydrogens (tertiary/aromatic N) is 1. The molecule has 0 saturated carbocycles. The van der Waals surface area contributed by atoms with Crippen LogP contribution in [-0.4, -0.2) is 12.8 Å². The average molecular weight is 143 g/mol. The number of hydrogen-bond acceptors (Lipinski definition) is 1. The van der Waals surface area contributed by atoms with Gasteiger partial charge >= 0.3 is 0 Å². The Bertz CT molecular complexity index is 147. The van der Waals surface area contributed by atoms with Crippen LogP contribution in [0.1, 0.15) is 27.2 Å². The molecule has 0 rings (SSSR count). The fourth-order valence-corrected chi connectivity index (χ4v) is 0.451. The molecular weight excluding hydrogens is 129 g/mol. The summed E-state index contributed by atoms with van der Waals surface area (Å²) in [6.07, 6.45) is 2.04. The molecule has 0 aromatic rings. The van der Waals surface area contributed by atoms with Crippen molar-refractivity contribution in [1.29, 1.82) is 0 Å². The van der Waals surface area contributed by atoms with E-state index in [1.165, 1.54) is 6.21 Å². The third-order valence-corrected chi connectivity index (χ3v) is 1.33. The first-order valence-electron chi connectivity index (χ1n) is 3.57. The molecule has 0 saturated heterocycles. The fraction of sp³-hybridized carbons (Fsp3) is 0.625. The Balaban J connectivity index is 4.04. The second-order valence-electron chi connectivity index (χ2n) is 2.11. The monoisotopic (exact) mass is 143 g/mol. The van der Waals surface area contributed by atoms with Crippen LogP contribution in [0.3, 0.4) is 0 Å². The Hall–Kier alpha value is -0.660. The lowest BCUT2D eigenvalue weighted by Crippen LogP contribution is -1.83. The van der Waals surface area contributed by atoms with Crippen molar-refractivity contribution in [3.8, 4) is 0 Å². The predicted molar refractivity (Wildman–Crippen MR) is 43.1 cm³/mol. The van der Waals surface area contributed by atoms with E-state index in [0.717, 1.165) is 12.0 Å². The van der Waals surface area contributed by atoms with Crippen LogP contribution in [0.4, 0.5) is 4.39 Å². The van der Waals surface area contributed by atoms with Gasteiger partial charge in [0.25, 0.3) is 0 Å². The van der Waals surface area contributed by atoms with Gasteiger partial charge in [-0.05, 0) is 25.8 Å². The number of halogens is 1. The molecule has 0 amide bonds. The van der Waals surface area contributed by atoms with Crippen LogP contribution in [0.2, 0.25) is 0 Å². The molecule has 0 aliphatic heterocycles. The van der Waals surface area contributed by atoms with E-state index in [0.29, 0.717) is 6.54 Å². The Kier molecular flexibility index (Phi) is 4.81. The minimum Gasteiger partial charge on any atom is -0.290 e. The Morgan fingerprint density at radius 2 is 2.10 bits per heavy atom. The van der Waals surface area contributed by atoms with Gasteiger partial charge in [0, 0.05) is 6.54 Å². The molecular formula is C8H14FN. The Morgan fingerprint density at radius 1 is 1.50 bits per heavy atom. The van der Waals surface area contributed by atoms with E-state index >= 15 is 0 Å². The van der Waals surface area contributed by atoms with Gasteiger partial charge in [-0.15, -0.1) is 0 Å². The summed E-state index contributed by atoms with van der Waals surface area (Å²) in [6.45, 7) is 6.22. The van der Waals surface area contributed by atoms with Crippen LogP contribution in [0, 0.1) is 0 Å². The highest BCUT2D eigenvalue weighted by Crippen LogP contribution is 2.06. The highest BCUT2D eigenvalue weighted by atomic mass is 19.1. The minimum atomic E-state index is -0.190. The maximum absolute atomic E-state index is 12.7. The van der Waals surface area contributed by atoms with Gasteiger partial charge in [-0.2, -0.15) is 0 Å². The van der Waals surface area contributed by atoms with Crippen molar-refractivity contribution in [3.05, 3.63) is 11.4 Å². The van der Waals surface area contributed by atoms with Crippen LogP contribution < -0.4 is 0 Å². The molecule has 0 fully saturated rings. The molecule has 0 aromatic carbocycles. The molecule has 2 heteroatoms. The quantitative estimate of drug-likeness (QED) is 0.539. The van der Waals surface area contributed by atoms with Crippen molar-refractivity contribution in [2.45, 2.75) is 27.2 Å². The predicted octanol–water partition coefficient (Wildman–Crippen LogP) is 2.73. The van der Waals surface area contributed by atoms with Crippen molar-refractivity contribution in [2.75, 3.05) is 6.54 Å². The van der Waals surface area contributed by atoms with Crippen molar-refractivity contribution in [3.63, 3.8) is 0 Å². The minimum absolute atomic E-state index is 0.190. The van der Waals surface area contributed by atoms with Crippen LogP contribution in [-0.2, 0) is 0 Å². The van der Waals surface area contributed by atoms with Crippen molar-refractivity contribution < 1.29 is 4.39 Å². The SMILES string of the molecule is CCN=C/C(F)=C(\C)CC. The van der Waals surface area contributed by atoms with Crippen LogP contribution in [0.15, 0.2) is 16.4 Å². The largest absolute Gasteiger partial charge is 0.290 e. The zero-order chi connectivity index (χ0) is 7.98. The molecule has 0 spiro atoms. The van der Waals surface area contributed by atoms with E-state index in [9.17, 15) is 4.39 Å². The number of allylic oxidation sites excluding steroid dienone is 2. The van der Waals surface area contributed by atoms with Gasteiger partial charge < -0.3 is 0 Å². The lowest BCUT2D eigenvalue weighted by molar-refractivity contribution is 0.666. The van der Waals surface area contributed by atoms with Crippen LogP contribution in [0.25, 0.3) is 0 Å². The van der Waals surface area contributed by atoms with Gasteiger partial charge in [-0.25, -0.2) is 4.39 Å². The number of hydrogen-bond donors (Lipinski definition) is 0. The molecule has 1 nitrogen and oxygen atoms in total. The van der Waals surface area contributed by atoms with Gasteiger partial charge in [0.15, 0.2) is 0 Å². The maximum atomic E-state index is 12.7. The Morgan fingerprint density at radius 3 is 2.50 bits per heavy atom. The standard InChI is InChI=1S/C8H14FN/c1-4-7(3)8(9)6-10-5-2/h6H,4-5H2,1-3H3/b8-7-,10-6?.